The molecule has 0 bridgehead atoms. The first-order chi connectivity index (χ1) is 10.4. The Kier molecular flexibility index (Phi) is 3.50. The van der Waals surface area contributed by atoms with Gasteiger partial charge in [-0.05, 0) is 18.2 Å². The zero-order valence-electron chi connectivity index (χ0n) is 11.3. The van der Waals surface area contributed by atoms with Gasteiger partial charge in [-0.3, -0.25) is 4.98 Å². The lowest BCUT2D eigenvalue weighted by Crippen LogP contribution is -2.16. The first kappa shape index (κ1) is 14.7. The van der Waals surface area contributed by atoms with E-state index in [9.17, 15) is 12.8 Å². The molecule has 3 aromatic rings. The molecule has 2 heterocycles. The van der Waals surface area contributed by atoms with E-state index in [2.05, 4.69) is 14.7 Å². The molecule has 0 radical (unpaired) electrons. The predicted molar refractivity (Wildman–Crippen MR) is 80.7 cm³/mol. The molecule has 0 saturated carbocycles. The number of pyridine rings is 1. The Morgan fingerprint density at radius 2 is 2.05 bits per heavy atom. The fourth-order valence-electron chi connectivity index (χ4n) is 1.98. The van der Waals surface area contributed by atoms with Crippen LogP contribution in [0.25, 0.3) is 11.0 Å². The molecule has 0 amide bonds. The molecule has 22 heavy (non-hydrogen) atoms. The summed E-state index contributed by atoms with van der Waals surface area (Å²) >= 11 is 5.75. The van der Waals surface area contributed by atoms with Gasteiger partial charge in [-0.1, -0.05) is 11.6 Å². The second kappa shape index (κ2) is 5.22. The molecule has 0 fully saturated rings. The van der Waals surface area contributed by atoms with E-state index in [-0.39, 0.29) is 15.9 Å². The number of nitrogens with zero attached hydrogens (tertiary/aromatic N) is 3. The minimum Gasteiger partial charge on any atom is -0.313 e. The first-order valence-corrected chi connectivity index (χ1v) is 7.98. The van der Waals surface area contributed by atoms with E-state index >= 15 is 0 Å². The van der Waals surface area contributed by atoms with Crippen molar-refractivity contribution in [2.24, 2.45) is 7.05 Å². The van der Waals surface area contributed by atoms with Crippen molar-refractivity contribution in [3.63, 3.8) is 0 Å². The second-order valence-corrected chi connectivity index (χ2v) is 6.69. The third-order valence-corrected chi connectivity index (χ3v) is 4.56. The zero-order chi connectivity index (χ0) is 15.9. The van der Waals surface area contributed by atoms with Crippen LogP contribution in [0.2, 0.25) is 5.02 Å². The number of hydrogen-bond donors (Lipinski definition) is 1. The van der Waals surface area contributed by atoms with Gasteiger partial charge in [0.2, 0.25) is 5.95 Å². The van der Waals surface area contributed by atoms with Crippen LogP contribution >= 0.6 is 11.6 Å². The van der Waals surface area contributed by atoms with Crippen LogP contribution in [0.4, 0.5) is 10.3 Å². The van der Waals surface area contributed by atoms with Crippen molar-refractivity contribution in [1.82, 2.24) is 14.5 Å². The van der Waals surface area contributed by atoms with Crippen molar-refractivity contribution in [1.29, 1.82) is 0 Å². The number of benzene rings is 1. The van der Waals surface area contributed by atoms with E-state index in [0.29, 0.717) is 11.0 Å². The van der Waals surface area contributed by atoms with Crippen LogP contribution in [0.1, 0.15) is 0 Å². The summed E-state index contributed by atoms with van der Waals surface area (Å²) in [6.45, 7) is 0. The highest BCUT2D eigenvalue weighted by atomic mass is 35.5. The zero-order valence-corrected chi connectivity index (χ0v) is 12.9. The number of halogens is 2. The Morgan fingerprint density at radius 3 is 2.77 bits per heavy atom. The molecule has 0 aliphatic carbocycles. The number of nitrogens with one attached hydrogen (secondary N) is 1. The van der Waals surface area contributed by atoms with Crippen LogP contribution in [0, 0.1) is 5.82 Å². The fraction of sp³-hybridized carbons (Fsp3) is 0.0769. The van der Waals surface area contributed by atoms with E-state index in [1.807, 2.05) is 0 Å². The van der Waals surface area contributed by atoms with Crippen molar-refractivity contribution in [2.45, 2.75) is 4.90 Å². The number of sulfonamides is 1. The maximum absolute atomic E-state index is 13.2. The number of anilines is 1. The normalized spacial score (nSPS) is 11.8. The smallest absolute Gasteiger partial charge is 0.265 e. The monoisotopic (exact) mass is 340 g/mol. The van der Waals surface area contributed by atoms with Crippen molar-refractivity contribution in [2.75, 3.05) is 4.72 Å². The van der Waals surface area contributed by atoms with E-state index in [4.69, 9.17) is 11.6 Å². The van der Waals surface area contributed by atoms with Gasteiger partial charge in [0, 0.05) is 25.5 Å². The van der Waals surface area contributed by atoms with E-state index < -0.39 is 15.8 Å². The van der Waals surface area contributed by atoms with Crippen molar-refractivity contribution >= 4 is 38.6 Å². The average Bonchev–Trinajstić information content (AvgIpc) is 2.74. The molecule has 2 aromatic heterocycles. The number of aryl methyl sites for hydroxylation is 1. The van der Waals surface area contributed by atoms with Gasteiger partial charge in [0.1, 0.15) is 10.7 Å². The number of rotatable bonds is 3. The number of aromatic nitrogens is 3. The van der Waals surface area contributed by atoms with Gasteiger partial charge in [-0.2, -0.15) is 0 Å². The second-order valence-electron chi connectivity index (χ2n) is 4.57. The van der Waals surface area contributed by atoms with Crippen molar-refractivity contribution in [3.8, 4) is 0 Å². The molecule has 9 heteroatoms. The largest absolute Gasteiger partial charge is 0.313 e. The molecular weight excluding hydrogens is 331 g/mol. The van der Waals surface area contributed by atoms with Gasteiger partial charge in [0.25, 0.3) is 10.0 Å². The lowest BCUT2D eigenvalue weighted by Gasteiger charge is -2.07. The van der Waals surface area contributed by atoms with E-state index in [1.165, 1.54) is 41.2 Å². The molecule has 0 aliphatic heterocycles. The summed E-state index contributed by atoms with van der Waals surface area (Å²) in [4.78, 5) is 7.74. The highest BCUT2D eigenvalue weighted by Gasteiger charge is 2.19. The number of hydrogen-bond acceptors (Lipinski definition) is 4. The molecule has 3 rings (SSSR count). The Hall–Kier alpha value is -2.19. The summed E-state index contributed by atoms with van der Waals surface area (Å²) in [7, 11) is -2.26. The lowest BCUT2D eigenvalue weighted by atomic mass is 10.3. The molecule has 0 unspecified atom stereocenters. The summed E-state index contributed by atoms with van der Waals surface area (Å²) in [5.74, 6) is -0.375. The SMILES string of the molecule is Cn1c(NS(=O)(=O)c2cncc(Cl)c2)nc2cc(F)ccc21. The van der Waals surface area contributed by atoms with Gasteiger partial charge in [-0.15, -0.1) is 0 Å². The third-order valence-electron chi connectivity index (χ3n) is 3.06. The maximum Gasteiger partial charge on any atom is 0.265 e. The minimum atomic E-state index is -3.89. The summed E-state index contributed by atoms with van der Waals surface area (Å²) in [5, 5.41) is 0.204. The van der Waals surface area contributed by atoms with Gasteiger partial charge in [0.05, 0.1) is 16.1 Å². The summed E-state index contributed by atoms with van der Waals surface area (Å²) < 4.78 is 41.7. The Morgan fingerprint density at radius 1 is 1.27 bits per heavy atom. The minimum absolute atomic E-state index is 0.0700. The highest BCUT2D eigenvalue weighted by Crippen LogP contribution is 2.22. The third kappa shape index (κ3) is 2.62. The Labute approximate surface area is 130 Å². The van der Waals surface area contributed by atoms with Gasteiger partial charge in [-0.25, -0.2) is 22.5 Å². The molecule has 6 nitrogen and oxygen atoms in total. The Balaban J connectivity index is 2.04. The number of fused-ring (bicyclic) bond motifs is 1. The molecule has 0 aliphatic rings. The quantitative estimate of drug-likeness (QED) is 0.795. The van der Waals surface area contributed by atoms with Gasteiger partial charge < -0.3 is 4.57 Å². The fourth-order valence-corrected chi connectivity index (χ4v) is 3.24. The van der Waals surface area contributed by atoms with Crippen molar-refractivity contribution < 1.29 is 12.8 Å². The molecule has 0 atom stereocenters. The predicted octanol–water partition coefficient (Wildman–Crippen LogP) is 2.56. The molecule has 114 valence electrons. The summed E-state index contributed by atoms with van der Waals surface area (Å²) in [6, 6.07) is 5.31. The van der Waals surface area contributed by atoms with Crippen LogP contribution in [0.3, 0.4) is 0 Å². The van der Waals surface area contributed by atoms with Crippen LogP contribution in [0.15, 0.2) is 41.6 Å². The molecule has 0 saturated heterocycles. The maximum atomic E-state index is 13.2. The van der Waals surface area contributed by atoms with Gasteiger partial charge >= 0.3 is 0 Å². The van der Waals surface area contributed by atoms with Crippen LogP contribution in [0.5, 0.6) is 0 Å². The van der Waals surface area contributed by atoms with Crippen LogP contribution in [-0.4, -0.2) is 23.0 Å². The van der Waals surface area contributed by atoms with Crippen LogP contribution in [-0.2, 0) is 17.1 Å². The topological polar surface area (TPSA) is 76.9 Å². The first-order valence-electron chi connectivity index (χ1n) is 6.12. The number of imidazole rings is 1. The van der Waals surface area contributed by atoms with Crippen LogP contribution < -0.4 is 4.72 Å². The summed E-state index contributed by atoms with van der Waals surface area (Å²) in [6.07, 6.45) is 2.51. The highest BCUT2D eigenvalue weighted by molar-refractivity contribution is 7.92. The summed E-state index contributed by atoms with van der Waals surface area (Å²) in [5.41, 5.74) is 0.952. The Bertz CT molecular complexity index is 971. The molecule has 1 N–H and O–H groups in total. The molecule has 0 spiro atoms. The molecule has 1 aromatic carbocycles. The average molecular weight is 341 g/mol. The standard InChI is InChI=1S/C13H10ClFN4O2S/c1-19-12-3-2-9(15)5-11(12)17-13(19)18-22(20,21)10-4-8(14)6-16-7-10/h2-7H,1H3,(H,17,18). The van der Waals surface area contributed by atoms with E-state index in [0.717, 1.165) is 0 Å². The molecular formula is C13H10ClFN4O2S. The van der Waals surface area contributed by atoms with Crippen molar-refractivity contribution in [3.05, 3.63) is 47.5 Å². The van der Waals surface area contributed by atoms with E-state index in [1.54, 1.807) is 7.05 Å². The lowest BCUT2D eigenvalue weighted by molar-refractivity contribution is 0.600. The van der Waals surface area contributed by atoms with Gasteiger partial charge in [0.15, 0.2) is 0 Å².